The fourth-order valence-corrected chi connectivity index (χ4v) is 2.28. The summed E-state index contributed by atoms with van der Waals surface area (Å²) in [5, 5.41) is 1.06. The number of methoxy groups -OCH3 is 1. The molecule has 3 heteroatoms. The lowest BCUT2D eigenvalue weighted by molar-refractivity contribution is 0.111. The maximum Gasteiger partial charge on any atom is 0.166 e. The molecule has 94 valence electrons. The highest BCUT2D eigenvalue weighted by Crippen LogP contribution is 2.24. The quantitative estimate of drug-likeness (QED) is 0.667. The molecule has 0 bridgehead atoms. The van der Waals surface area contributed by atoms with E-state index in [0.29, 0.717) is 5.69 Å². The number of nitrogens with zero attached hydrogens (tertiary/aromatic N) is 1. The van der Waals surface area contributed by atoms with Crippen molar-refractivity contribution in [1.29, 1.82) is 0 Å². The van der Waals surface area contributed by atoms with Gasteiger partial charge in [-0.05, 0) is 36.4 Å². The topological polar surface area (TPSA) is 31.2 Å². The zero-order valence-electron chi connectivity index (χ0n) is 10.5. The van der Waals surface area contributed by atoms with Gasteiger partial charge in [-0.2, -0.15) is 0 Å². The lowest BCUT2D eigenvalue weighted by Gasteiger charge is -2.08. The van der Waals surface area contributed by atoms with Crippen LogP contribution in [0.15, 0.2) is 54.6 Å². The first kappa shape index (κ1) is 11.5. The largest absolute Gasteiger partial charge is 0.497 e. The normalized spacial score (nSPS) is 10.6. The van der Waals surface area contributed by atoms with Crippen LogP contribution in [0.2, 0.25) is 0 Å². The summed E-state index contributed by atoms with van der Waals surface area (Å²) >= 11 is 0. The zero-order valence-corrected chi connectivity index (χ0v) is 10.5. The highest BCUT2D eigenvalue weighted by atomic mass is 16.5. The van der Waals surface area contributed by atoms with E-state index in [1.165, 1.54) is 0 Å². The molecular weight excluding hydrogens is 238 g/mol. The summed E-state index contributed by atoms with van der Waals surface area (Å²) in [7, 11) is 1.64. The van der Waals surface area contributed by atoms with Crippen molar-refractivity contribution < 1.29 is 9.53 Å². The van der Waals surface area contributed by atoms with Crippen LogP contribution in [0.1, 0.15) is 10.5 Å². The van der Waals surface area contributed by atoms with Crippen LogP contribution in [0.3, 0.4) is 0 Å². The van der Waals surface area contributed by atoms with Gasteiger partial charge in [0.15, 0.2) is 6.29 Å². The molecule has 2 aromatic carbocycles. The van der Waals surface area contributed by atoms with E-state index in [1.54, 1.807) is 7.11 Å². The fourth-order valence-electron chi connectivity index (χ4n) is 2.28. The summed E-state index contributed by atoms with van der Waals surface area (Å²) in [6.07, 6.45) is 0.879. The predicted octanol–water partition coefficient (Wildman–Crippen LogP) is 3.45. The lowest BCUT2D eigenvalue weighted by atomic mass is 10.2. The van der Waals surface area contributed by atoms with Crippen molar-refractivity contribution in [2.45, 2.75) is 0 Å². The molecule has 0 unspecified atom stereocenters. The van der Waals surface area contributed by atoms with Crippen molar-refractivity contribution in [3.63, 3.8) is 0 Å². The summed E-state index contributed by atoms with van der Waals surface area (Å²) in [5.41, 5.74) is 2.62. The van der Waals surface area contributed by atoms with Gasteiger partial charge in [-0.15, -0.1) is 0 Å². The number of aldehydes is 1. The number of aromatic nitrogens is 1. The molecule has 0 N–H and O–H groups in total. The second-order valence-electron chi connectivity index (χ2n) is 4.28. The highest BCUT2D eigenvalue weighted by Gasteiger charge is 2.09. The molecule has 0 aliphatic carbocycles. The first-order valence-electron chi connectivity index (χ1n) is 6.03. The van der Waals surface area contributed by atoms with Gasteiger partial charge < -0.3 is 9.30 Å². The predicted molar refractivity (Wildman–Crippen MR) is 75.2 cm³/mol. The van der Waals surface area contributed by atoms with E-state index in [2.05, 4.69) is 0 Å². The fraction of sp³-hybridized carbons (Fsp3) is 0.0625. The van der Waals surface area contributed by atoms with Crippen LogP contribution in [-0.2, 0) is 0 Å². The van der Waals surface area contributed by atoms with E-state index in [-0.39, 0.29) is 0 Å². The lowest BCUT2D eigenvalue weighted by Crippen LogP contribution is -1.98. The summed E-state index contributed by atoms with van der Waals surface area (Å²) in [4.78, 5) is 11.2. The Kier molecular flexibility index (Phi) is 2.80. The first-order chi connectivity index (χ1) is 9.33. The number of ether oxygens (including phenoxy) is 1. The Morgan fingerprint density at radius 3 is 2.47 bits per heavy atom. The Labute approximate surface area is 111 Å². The third-order valence-corrected chi connectivity index (χ3v) is 3.19. The van der Waals surface area contributed by atoms with Gasteiger partial charge in [-0.3, -0.25) is 4.79 Å². The molecular formula is C16H13NO2. The van der Waals surface area contributed by atoms with Gasteiger partial charge in [0.05, 0.1) is 18.3 Å². The standard InChI is InChI=1S/C16H13NO2/c1-19-15-8-6-13(7-9-15)17-14(11-18)10-12-4-2-3-5-16(12)17/h2-11H,1H3. The van der Waals surface area contributed by atoms with E-state index in [9.17, 15) is 4.79 Å². The van der Waals surface area contributed by atoms with Gasteiger partial charge in [-0.1, -0.05) is 18.2 Å². The summed E-state index contributed by atoms with van der Waals surface area (Å²) in [6, 6.07) is 17.5. The average Bonchev–Trinajstić information content (AvgIpc) is 2.86. The summed E-state index contributed by atoms with van der Waals surface area (Å²) in [5.74, 6) is 0.799. The number of benzene rings is 2. The van der Waals surface area contributed by atoms with E-state index >= 15 is 0 Å². The number of fused-ring (bicyclic) bond motifs is 1. The minimum atomic E-state index is 0.645. The van der Waals surface area contributed by atoms with Gasteiger partial charge in [-0.25, -0.2) is 0 Å². The Morgan fingerprint density at radius 2 is 1.79 bits per heavy atom. The maximum atomic E-state index is 11.2. The van der Waals surface area contributed by atoms with Crippen molar-refractivity contribution in [1.82, 2.24) is 4.57 Å². The molecule has 3 aromatic rings. The van der Waals surface area contributed by atoms with Crippen LogP contribution in [0.4, 0.5) is 0 Å². The van der Waals surface area contributed by atoms with Crippen LogP contribution >= 0.6 is 0 Å². The van der Waals surface area contributed by atoms with Gasteiger partial charge in [0.2, 0.25) is 0 Å². The van der Waals surface area contributed by atoms with Gasteiger partial charge in [0, 0.05) is 11.1 Å². The zero-order chi connectivity index (χ0) is 13.2. The molecule has 1 heterocycles. The van der Waals surface area contributed by atoms with E-state index in [1.807, 2.05) is 59.2 Å². The Hall–Kier alpha value is -2.55. The molecule has 0 amide bonds. The van der Waals surface area contributed by atoms with Gasteiger partial charge in [0.1, 0.15) is 5.75 Å². The monoisotopic (exact) mass is 251 g/mol. The minimum absolute atomic E-state index is 0.645. The molecule has 0 radical (unpaired) electrons. The molecule has 0 saturated heterocycles. The van der Waals surface area contributed by atoms with Crippen LogP contribution in [0, 0.1) is 0 Å². The van der Waals surface area contributed by atoms with Crippen molar-refractivity contribution in [2.75, 3.05) is 7.11 Å². The molecule has 0 saturated carbocycles. The molecule has 3 rings (SSSR count). The molecule has 0 spiro atoms. The van der Waals surface area contributed by atoms with Crippen LogP contribution < -0.4 is 4.74 Å². The molecule has 0 aliphatic heterocycles. The van der Waals surface area contributed by atoms with Crippen LogP contribution in [-0.4, -0.2) is 18.0 Å². The number of para-hydroxylation sites is 1. The highest BCUT2D eigenvalue weighted by molar-refractivity contribution is 5.90. The van der Waals surface area contributed by atoms with E-state index < -0.39 is 0 Å². The molecule has 0 atom stereocenters. The molecule has 0 aliphatic rings. The second kappa shape index (κ2) is 4.61. The summed E-state index contributed by atoms with van der Waals surface area (Å²) < 4.78 is 7.10. The molecule has 19 heavy (non-hydrogen) atoms. The Balaban J connectivity index is 2.24. The third kappa shape index (κ3) is 1.89. The van der Waals surface area contributed by atoms with Gasteiger partial charge >= 0.3 is 0 Å². The number of carbonyl (C=O) groups excluding carboxylic acids is 1. The van der Waals surface area contributed by atoms with Crippen molar-refractivity contribution >= 4 is 17.2 Å². The van der Waals surface area contributed by atoms with Crippen molar-refractivity contribution in [3.8, 4) is 11.4 Å². The third-order valence-electron chi connectivity index (χ3n) is 3.19. The number of carbonyl (C=O) groups is 1. The number of rotatable bonds is 3. The van der Waals surface area contributed by atoms with E-state index in [4.69, 9.17) is 4.74 Å². The molecule has 1 aromatic heterocycles. The second-order valence-corrected chi connectivity index (χ2v) is 4.28. The number of hydrogen-bond donors (Lipinski definition) is 0. The van der Waals surface area contributed by atoms with Gasteiger partial charge in [0.25, 0.3) is 0 Å². The smallest absolute Gasteiger partial charge is 0.166 e. The Bertz CT molecular complexity index is 726. The van der Waals surface area contributed by atoms with Crippen molar-refractivity contribution in [3.05, 3.63) is 60.3 Å². The first-order valence-corrected chi connectivity index (χ1v) is 6.03. The molecule has 0 fully saturated rings. The maximum absolute atomic E-state index is 11.2. The average molecular weight is 251 g/mol. The van der Waals surface area contributed by atoms with Crippen molar-refractivity contribution in [2.24, 2.45) is 0 Å². The van der Waals surface area contributed by atoms with Crippen LogP contribution in [0.25, 0.3) is 16.6 Å². The van der Waals surface area contributed by atoms with E-state index in [0.717, 1.165) is 28.6 Å². The SMILES string of the molecule is COc1ccc(-n2c(C=O)cc3ccccc32)cc1. The minimum Gasteiger partial charge on any atom is -0.497 e. The van der Waals surface area contributed by atoms with Crippen LogP contribution in [0.5, 0.6) is 5.75 Å². The Morgan fingerprint density at radius 1 is 1.05 bits per heavy atom. The molecule has 3 nitrogen and oxygen atoms in total. The summed E-state index contributed by atoms with van der Waals surface area (Å²) in [6.45, 7) is 0. The number of hydrogen-bond acceptors (Lipinski definition) is 2.